The summed E-state index contributed by atoms with van der Waals surface area (Å²) >= 11 is 0. The van der Waals surface area contributed by atoms with Crippen molar-refractivity contribution in [2.75, 3.05) is 6.54 Å². The lowest BCUT2D eigenvalue weighted by molar-refractivity contribution is 0.0675. The molecule has 0 bridgehead atoms. The van der Waals surface area contributed by atoms with Gasteiger partial charge in [0.25, 0.3) is 5.91 Å². The van der Waals surface area contributed by atoms with Crippen LogP contribution in [0.15, 0.2) is 81.4 Å². The highest BCUT2D eigenvalue weighted by Gasteiger charge is 2.54. The Morgan fingerprint density at radius 1 is 1.02 bits per heavy atom. The number of halogens is 2. The molecule has 17 heteroatoms. The van der Waals surface area contributed by atoms with Gasteiger partial charge in [-0.1, -0.05) is 5.16 Å². The number of nitrogens with zero attached hydrogens (tertiary/aromatic N) is 10. The molecule has 7 heterocycles. The summed E-state index contributed by atoms with van der Waals surface area (Å²) in [5, 5.41) is 13.5. The molecule has 2 aromatic carbocycles. The molecule has 1 atom stereocenters. The van der Waals surface area contributed by atoms with Crippen LogP contribution >= 0.6 is 0 Å². The number of carbonyl (C=O) groups is 1. The van der Waals surface area contributed by atoms with E-state index in [1.807, 2.05) is 30.5 Å². The summed E-state index contributed by atoms with van der Waals surface area (Å²) in [4.78, 5) is 50.9. The van der Waals surface area contributed by atoms with Crippen LogP contribution in [-0.4, -0.2) is 65.6 Å². The molecule has 0 unspecified atom stereocenters. The number of aryl methyl sites for hydroxylation is 2. The van der Waals surface area contributed by atoms with Crippen LogP contribution in [0.3, 0.4) is 0 Å². The minimum atomic E-state index is -0.771. The molecular weight excluding hydrogens is 749 g/mol. The van der Waals surface area contributed by atoms with E-state index < -0.39 is 28.7 Å². The summed E-state index contributed by atoms with van der Waals surface area (Å²) in [7, 11) is 1.72. The van der Waals surface area contributed by atoms with Gasteiger partial charge in [-0.3, -0.25) is 28.1 Å². The summed E-state index contributed by atoms with van der Waals surface area (Å²) in [6.07, 6.45) is 9.72. The molecule has 0 spiro atoms. The lowest BCUT2D eigenvalue weighted by Crippen LogP contribution is -2.40. The first-order chi connectivity index (χ1) is 28.0. The molecule has 2 aliphatic carbocycles. The Bertz CT molecular complexity index is 3150. The fourth-order valence-corrected chi connectivity index (χ4v) is 8.91. The van der Waals surface area contributed by atoms with Crippen molar-refractivity contribution in [1.29, 1.82) is 0 Å². The molecule has 2 saturated carbocycles. The highest BCUT2D eigenvalue weighted by molar-refractivity contribution is 5.98. The van der Waals surface area contributed by atoms with Gasteiger partial charge >= 0.3 is 11.4 Å². The average Bonchev–Trinajstić information content (AvgIpc) is 3.95. The summed E-state index contributed by atoms with van der Waals surface area (Å²) in [5.41, 5.74) is 4.12. The second-order valence-corrected chi connectivity index (χ2v) is 15.7. The lowest BCUT2D eigenvalue weighted by atomic mass is 9.94. The fraction of sp³-hybridized carbons (Fsp3) is 0.293. The maximum atomic E-state index is 16.0. The maximum absolute atomic E-state index is 16.0. The zero-order valence-corrected chi connectivity index (χ0v) is 31.6. The molecule has 15 nitrogen and oxygen atoms in total. The summed E-state index contributed by atoms with van der Waals surface area (Å²) < 4.78 is 43.8. The molecule has 0 radical (unpaired) electrons. The van der Waals surface area contributed by atoms with Crippen molar-refractivity contribution in [3.8, 4) is 17.2 Å². The number of carbonyl (C=O) groups excluding carboxylic acids is 1. The second-order valence-electron chi connectivity index (χ2n) is 15.7. The Balaban J connectivity index is 1.07. The van der Waals surface area contributed by atoms with Gasteiger partial charge in [-0.15, -0.1) is 0 Å². The number of aromatic nitrogens is 10. The van der Waals surface area contributed by atoms with Crippen LogP contribution in [0.25, 0.3) is 33.7 Å². The number of hydrogen-bond acceptors (Lipinski definition) is 8. The molecule has 11 rings (SSSR count). The molecule has 0 saturated heterocycles. The van der Waals surface area contributed by atoms with Crippen molar-refractivity contribution in [3.05, 3.63) is 140 Å². The maximum Gasteiger partial charge on any atom is 0.438 e. The van der Waals surface area contributed by atoms with Gasteiger partial charge in [-0.25, -0.2) is 28.0 Å². The van der Waals surface area contributed by atoms with E-state index in [9.17, 15) is 9.59 Å². The van der Waals surface area contributed by atoms with Gasteiger partial charge in [-0.2, -0.15) is 10.2 Å². The summed E-state index contributed by atoms with van der Waals surface area (Å²) in [5.74, 6) is -1.05. The normalized spacial score (nSPS) is 17.4. The molecule has 3 aliphatic rings. The Hall–Kier alpha value is -6.91. The minimum Gasteiger partial charge on any atom is -0.331 e. The molecule has 1 amide bonds. The first-order valence-electron chi connectivity index (χ1n) is 19.2. The molecule has 1 N–H and O–H groups in total. The molecule has 292 valence electrons. The van der Waals surface area contributed by atoms with Crippen LogP contribution in [0.5, 0.6) is 0 Å². The first kappa shape index (κ1) is 34.3. The summed E-state index contributed by atoms with van der Waals surface area (Å²) in [6, 6.07) is 11.1. The third-order valence-corrected chi connectivity index (χ3v) is 12.2. The molecule has 58 heavy (non-hydrogen) atoms. The predicted octanol–water partition coefficient (Wildman–Crippen LogP) is 5.33. The second kappa shape index (κ2) is 12.0. The van der Waals surface area contributed by atoms with Crippen molar-refractivity contribution in [1.82, 2.24) is 53.1 Å². The number of imidazole rings is 1. The molecule has 8 aromatic rings. The van der Waals surface area contributed by atoms with Gasteiger partial charge in [0.1, 0.15) is 17.3 Å². The lowest BCUT2D eigenvalue weighted by Gasteiger charge is -2.34. The largest absolute Gasteiger partial charge is 0.438 e. The number of benzene rings is 2. The van der Waals surface area contributed by atoms with E-state index in [-0.39, 0.29) is 28.7 Å². The fourth-order valence-electron chi connectivity index (χ4n) is 8.91. The van der Waals surface area contributed by atoms with Crippen LogP contribution in [-0.2, 0) is 18.9 Å². The Labute approximate surface area is 326 Å². The highest BCUT2D eigenvalue weighted by atomic mass is 19.1. The number of rotatable bonds is 7. The molecule has 6 aromatic heterocycles. The Morgan fingerprint density at radius 2 is 1.83 bits per heavy atom. The topological polar surface area (TPSA) is 159 Å². The Kier molecular flexibility index (Phi) is 7.14. The summed E-state index contributed by atoms with van der Waals surface area (Å²) in [6.45, 7) is 4.07. The van der Waals surface area contributed by atoms with Crippen molar-refractivity contribution < 1.29 is 18.1 Å². The van der Waals surface area contributed by atoms with Gasteiger partial charge < -0.3 is 9.30 Å². The Morgan fingerprint density at radius 3 is 2.59 bits per heavy atom. The predicted molar refractivity (Wildman–Crippen MR) is 205 cm³/mol. The third kappa shape index (κ3) is 4.91. The molecular formula is C41H35F2N11O4. The third-order valence-electron chi connectivity index (χ3n) is 12.2. The van der Waals surface area contributed by atoms with Gasteiger partial charge in [0.15, 0.2) is 11.6 Å². The van der Waals surface area contributed by atoms with Crippen molar-refractivity contribution in [2.45, 2.75) is 63.3 Å². The van der Waals surface area contributed by atoms with Crippen LogP contribution < -0.4 is 11.4 Å². The van der Waals surface area contributed by atoms with E-state index in [1.165, 1.54) is 27.6 Å². The first-order valence-corrected chi connectivity index (χ1v) is 19.2. The molecule has 2 fully saturated rings. The number of hydrogen-bond donors (Lipinski definition) is 1. The van der Waals surface area contributed by atoms with E-state index in [1.54, 1.807) is 57.8 Å². The quantitative estimate of drug-likeness (QED) is 0.227. The van der Waals surface area contributed by atoms with Crippen LogP contribution in [0.2, 0.25) is 0 Å². The van der Waals surface area contributed by atoms with E-state index >= 15 is 13.6 Å². The van der Waals surface area contributed by atoms with Gasteiger partial charge in [0.05, 0.1) is 56.9 Å². The zero-order valence-electron chi connectivity index (χ0n) is 31.6. The van der Waals surface area contributed by atoms with Crippen LogP contribution in [0.1, 0.15) is 89.0 Å². The van der Waals surface area contributed by atoms with Crippen LogP contribution in [0.4, 0.5) is 8.78 Å². The number of fused-ring (bicyclic) bond motifs is 3. The smallest absolute Gasteiger partial charge is 0.331 e. The van der Waals surface area contributed by atoms with E-state index in [4.69, 9.17) is 14.6 Å². The van der Waals surface area contributed by atoms with Crippen molar-refractivity contribution in [2.24, 2.45) is 7.05 Å². The van der Waals surface area contributed by atoms with Crippen molar-refractivity contribution in [3.63, 3.8) is 0 Å². The highest BCUT2D eigenvalue weighted by Crippen LogP contribution is 2.54. The number of aromatic amines is 1. The van der Waals surface area contributed by atoms with E-state index in [2.05, 4.69) is 15.2 Å². The van der Waals surface area contributed by atoms with Crippen molar-refractivity contribution >= 4 is 22.5 Å². The number of amides is 1. The SMILES string of the molecule is Cc1ccn2c(C3(c4noc(=O)[nH]4)CC3)c(C(=O)N3CCc4nn(-c5ccc(F)c(C6CC6)c5)c(-n5ccn(-c6ccc7c(cnn7C)c6F)c5=O)c4[C@@H]3C)cc2n1. The minimum absolute atomic E-state index is 0.0476. The van der Waals surface area contributed by atoms with Gasteiger partial charge in [0.2, 0.25) is 0 Å². The molecule has 1 aliphatic heterocycles. The van der Waals surface area contributed by atoms with Crippen LogP contribution in [0, 0.1) is 18.6 Å². The monoisotopic (exact) mass is 783 g/mol. The van der Waals surface area contributed by atoms with Gasteiger partial charge in [0, 0.05) is 49.9 Å². The number of H-pyrrole nitrogens is 1. The number of nitrogens with one attached hydrogen (secondary N) is 1. The van der Waals surface area contributed by atoms with E-state index in [0.29, 0.717) is 82.4 Å². The zero-order chi connectivity index (χ0) is 39.8. The van der Waals surface area contributed by atoms with E-state index in [0.717, 1.165) is 18.5 Å². The van der Waals surface area contributed by atoms with Gasteiger partial charge in [-0.05, 0) is 93.5 Å². The standard InChI is InChI=1S/C41H35F2N11O4/c1-21-10-14-52-32(45-21)19-26(35(52)41(12-13-41)38-46-39(56)58-48-38)37(55)50-15-11-29-33(22(50)2)36(54(47-29)24-6-7-28(42)25(18-24)23-4-5-23)53-17-16-51(40(53)57)31-9-8-30-27(34(31)43)20-44-49(30)3/h6-10,14,16-20,22-23H,4-5,11-13,15H2,1-3H3,(H,46,48,56)/t22-/m0/s1. The average molecular weight is 784 g/mol.